The van der Waals surface area contributed by atoms with E-state index < -0.39 is 0 Å². The summed E-state index contributed by atoms with van der Waals surface area (Å²) < 4.78 is 0. The molecule has 1 heterocycles. The molecule has 0 spiro atoms. The van der Waals surface area contributed by atoms with E-state index >= 15 is 0 Å². The summed E-state index contributed by atoms with van der Waals surface area (Å²) in [6, 6.07) is 9.85. The van der Waals surface area contributed by atoms with E-state index in [4.69, 9.17) is 5.84 Å². The molecular weight excluding hydrogens is 278 g/mol. The fourth-order valence-electron chi connectivity index (χ4n) is 1.54. The molecule has 7 heteroatoms. The molecule has 0 aliphatic rings. The van der Waals surface area contributed by atoms with Crippen molar-refractivity contribution in [2.45, 2.75) is 10.1 Å². The third-order valence-corrected chi connectivity index (χ3v) is 3.75. The first-order valence-corrected chi connectivity index (χ1v) is 8.01. The molecule has 4 N–H and O–H groups in total. The number of nitrogens with two attached hydrogens (primary N) is 1. The van der Waals surface area contributed by atoms with Gasteiger partial charge in [-0.15, -0.1) is 11.8 Å². The van der Waals surface area contributed by atoms with Crippen molar-refractivity contribution in [3.05, 3.63) is 30.3 Å². The third kappa shape index (κ3) is 3.52. The number of nitrogens with one attached hydrogen (secondary N) is 2. The van der Waals surface area contributed by atoms with Crippen LogP contribution in [0.3, 0.4) is 0 Å². The summed E-state index contributed by atoms with van der Waals surface area (Å²) in [6.07, 6.45) is 3.97. The van der Waals surface area contributed by atoms with Gasteiger partial charge >= 0.3 is 0 Å². The molecule has 0 atom stereocenters. The largest absolute Gasteiger partial charge is 0.339 e. The van der Waals surface area contributed by atoms with Crippen molar-refractivity contribution in [2.75, 3.05) is 23.3 Å². The molecule has 0 saturated heterocycles. The maximum absolute atomic E-state index is 5.41. The molecule has 0 amide bonds. The number of hydrogen-bond donors (Lipinski definition) is 3. The fourth-order valence-corrected chi connectivity index (χ4v) is 2.47. The Bertz CT molecular complexity index is 539. The van der Waals surface area contributed by atoms with E-state index in [9.17, 15) is 0 Å². The van der Waals surface area contributed by atoms with E-state index in [-0.39, 0.29) is 0 Å². The molecule has 0 aliphatic heterocycles. The highest BCUT2D eigenvalue weighted by atomic mass is 32.2. The monoisotopic (exact) mass is 293 g/mol. The molecule has 1 aromatic heterocycles. The summed E-state index contributed by atoms with van der Waals surface area (Å²) in [4.78, 5) is 9.79. The van der Waals surface area contributed by atoms with Gasteiger partial charge in [-0.1, -0.05) is 23.9 Å². The molecule has 0 fully saturated rings. The summed E-state index contributed by atoms with van der Waals surface area (Å²) in [5, 5.41) is 3.96. The molecule has 100 valence electrons. The van der Waals surface area contributed by atoms with E-state index in [1.807, 2.05) is 30.7 Å². The quantitative estimate of drug-likeness (QED) is 0.338. The third-order valence-electron chi connectivity index (χ3n) is 2.41. The van der Waals surface area contributed by atoms with Crippen LogP contribution < -0.4 is 16.6 Å². The zero-order chi connectivity index (χ0) is 13.7. The minimum Gasteiger partial charge on any atom is -0.339 e. The van der Waals surface area contributed by atoms with Crippen molar-refractivity contribution < 1.29 is 0 Å². The van der Waals surface area contributed by atoms with Crippen molar-refractivity contribution in [1.29, 1.82) is 0 Å². The molecule has 5 nitrogen and oxygen atoms in total. The maximum atomic E-state index is 5.41. The van der Waals surface area contributed by atoms with Gasteiger partial charge < -0.3 is 10.7 Å². The van der Waals surface area contributed by atoms with Crippen molar-refractivity contribution in [2.24, 2.45) is 5.84 Å². The van der Waals surface area contributed by atoms with Crippen molar-refractivity contribution in [3.63, 3.8) is 0 Å². The number of thioether (sulfide) groups is 2. The highest BCUT2D eigenvalue weighted by Crippen LogP contribution is 2.28. The molecule has 2 rings (SSSR count). The Morgan fingerprint density at radius 3 is 2.47 bits per heavy atom. The van der Waals surface area contributed by atoms with Gasteiger partial charge in [0.15, 0.2) is 5.16 Å². The topological polar surface area (TPSA) is 75.9 Å². The summed E-state index contributed by atoms with van der Waals surface area (Å²) in [5.74, 6) is 6.71. The zero-order valence-electron chi connectivity index (χ0n) is 10.7. The molecule has 0 radical (unpaired) electrons. The molecular formula is C12H15N5S2. The van der Waals surface area contributed by atoms with Crippen LogP contribution in [0.4, 0.5) is 17.3 Å². The average Bonchev–Trinajstić information content (AvgIpc) is 2.47. The van der Waals surface area contributed by atoms with Crippen LogP contribution in [-0.2, 0) is 0 Å². The standard InChI is InChI=1S/C12H15N5S2/c1-18-9-6-4-3-5-8(9)14-10-7-11(17-13)16-12(15-10)19-2/h3-7H,13H2,1-2H3,(H2,14,15,16,17). The number of benzene rings is 1. The van der Waals surface area contributed by atoms with Gasteiger partial charge in [-0.2, -0.15) is 0 Å². The van der Waals surface area contributed by atoms with Crippen LogP contribution in [0.5, 0.6) is 0 Å². The molecule has 2 aromatic rings. The van der Waals surface area contributed by atoms with E-state index in [1.54, 1.807) is 17.8 Å². The summed E-state index contributed by atoms with van der Waals surface area (Å²) in [7, 11) is 0. The highest BCUT2D eigenvalue weighted by Gasteiger charge is 2.06. The number of hydrogen-bond acceptors (Lipinski definition) is 7. The van der Waals surface area contributed by atoms with E-state index in [0.29, 0.717) is 16.8 Å². The fraction of sp³-hybridized carbons (Fsp3) is 0.167. The van der Waals surface area contributed by atoms with E-state index in [1.165, 1.54) is 11.8 Å². The first-order valence-electron chi connectivity index (χ1n) is 5.56. The second-order valence-corrected chi connectivity index (χ2v) is 5.22. The number of rotatable bonds is 5. The number of aromatic nitrogens is 2. The van der Waals surface area contributed by atoms with Crippen molar-refractivity contribution in [1.82, 2.24) is 9.97 Å². The number of nitrogens with zero attached hydrogens (tertiary/aromatic N) is 2. The average molecular weight is 293 g/mol. The Kier molecular flexibility index (Phi) is 4.89. The maximum Gasteiger partial charge on any atom is 0.191 e. The van der Waals surface area contributed by atoms with Gasteiger partial charge in [0.1, 0.15) is 11.6 Å². The number of anilines is 3. The summed E-state index contributed by atoms with van der Waals surface area (Å²) in [5.41, 5.74) is 3.56. The molecule has 1 aromatic carbocycles. The lowest BCUT2D eigenvalue weighted by Gasteiger charge is -2.11. The summed E-state index contributed by atoms with van der Waals surface area (Å²) in [6.45, 7) is 0. The molecule has 0 bridgehead atoms. The van der Waals surface area contributed by atoms with Gasteiger partial charge in [-0.05, 0) is 24.6 Å². The second-order valence-electron chi connectivity index (χ2n) is 3.59. The van der Waals surface area contributed by atoms with Crippen molar-refractivity contribution in [3.8, 4) is 0 Å². The Morgan fingerprint density at radius 1 is 1.05 bits per heavy atom. The number of nitrogen functional groups attached to an aromatic ring is 1. The zero-order valence-corrected chi connectivity index (χ0v) is 12.3. The van der Waals surface area contributed by atoms with Gasteiger partial charge in [-0.3, -0.25) is 0 Å². The predicted octanol–water partition coefficient (Wildman–Crippen LogP) is 2.95. The lowest BCUT2D eigenvalue weighted by molar-refractivity contribution is 0.970. The van der Waals surface area contributed by atoms with Gasteiger partial charge in [0.05, 0.1) is 5.69 Å². The van der Waals surface area contributed by atoms with Gasteiger partial charge in [0.2, 0.25) is 0 Å². The number of para-hydroxylation sites is 1. The van der Waals surface area contributed by atoms with Gasteiger partial charge in [0.25, 0.3) is 0 Å². The predicted molar refractivity (Wildman–Crippen MR) is 83.1 cm³/mol. The minimum atomic E-state index is 0.587. The van der Waals surface area contributed by atoms with E-state index in [0.717, 1.165) is 10.6 Å². The normalized spacial score (nSPS) is 10.3. The van der Waals surface area contributed by atoms with Gasteiger partial charge in [-0.25, -0.2) is 15.8 Å². The highest BCUT2D eigenvalue weighted by molar-refractivity contribution is 7.98. The lowest BCUT2D eigenvalue weighted by atomic mass is 10.3. The van der Waals surface area contributed by atoms with Crippen LogP contribution in [0.2, 0.25) is 0 Å². The lowest BCUT2D eigenvalue weighted by Crippen LogP contribution is -2.10. The Balaban J connectivity index is 2.32. The Labute approximate surface area is 120 Å². The molecule has 0 aliphatic carbocycles. The first-order chi connectivity index (χ1) is 9.26. The first kappa shape index (κ1) is 14.0. The van der Waals surface area contributed by atoms with Crippen LogP contribution >= 0.6 is 23.5 Å². The second kappa shape index (κ2) is 6.65. The molecule has 0 saturated carbocycles. The van der Waals surface area contributed by atoms with Crippen LogP contribution in [0.1, 0.15) is 0 Å². The molecule has 19 heavy (non-hydrogen) atoms. The van der Waals surface area contributed by atoms with Crippen LogP contribution in [-0.4, -0.2) is 22.5 Å². The Morgan fingerprint density at radius 2 is 1.79 bits per heavy atom. The van der Waals surface area contributed by atoms with Crippen molar-refractivity contribution >= 4 is 40.8 Å². The smallest absolute Gasteiger partial charge is 0.191 e. The van der Waals surface area contributed by atoms with Gasteiger partial charge in [0, 0.05) is 11.0 Å². The summed E-state index contributed by atoms with van der Waals surface area (Å²) >= 11 is 3.15. The Hall–Kier alpha value is -1.44. The van der Waals surface area contributed by atoms with E-state index in [2.05, 4.69) is 26.8 Å². The molecule has 0 unspecified atom stereocenters. The number of hydrazine groups is 1. The minimum absolute atomic E-state index is 0.587. The van der Waals surface area contributed by atoms with Crippen LogP contribution in [0.15, 0.2) is 40.4 Å². The van der Waals surface area contributed by atoms with Crippen LogP contribution in [0.25, 0.3) is 0 Å². The SMILES string of the molecule is CSc1nc(NN)cc(Nc2ccccc2SC)n1. The van der Waals surface area contributed by atoms with Crippen LogP contribution in [0, 0.1) is 0 Å².